The molecule has 0 aromatic rings. The maximum absolute atomic E-state index is 13.0. The summed E-state index contributed by atoms with van der Waals surface area (Å²) in [5, 5.41) is 0. The Morgan fingerprint density at radius 2 is 1.00 bits per heavy atom. The Morgan fingerprint density at radius 1 is 0.667 bits per heavy atom. The Balaban J connectivity index is 1.99. The zero-order valence-corrected chi connectivity index (χ0v) is 16.0. The molecule has 0 radical (unpaired) electrons. The average Bonchev–Trinajstić information content (AvgIpc) is 2.32. The van der Waals surface area contributed by atoms with Gasteiger partial charge in [0.1, 0.15) is 0 Å². The first kappa shape index (κ1) is 17.8. The summed E-state index contributed by atoms with van der Waals surface area (Å²) >= 11 is 0. The Morgan fingerprint density at radius 3 is 1.29 bits per heavy atom. The predicted octanol–water partition coefficient (Wildman–Crippen LogP) is 4.26. The van der Waals surface area contributed by atoms with E-state index < -0.39 is 10.8 Å². The molecule has 4 aliphatic carbocycles. The third-order valence-electron chi connectivity index (χ3n) is 6.14. The van der Waals surface area contributed by atoms with Crippen molar-refractivity contribution in [2.75, 3.05) is 0 Å². The second-order valence-corrected chi connectivity index (χ2v) is 10.2. The quantitative estimate of drug-likeness (QED) is 0.720. The molecule has 4 aliphatic rings. The van der Waals surface area contributed by atoms with E-state index >= 15 is 0 Å². The smallest absolute Gasteiger partial charge is 0.312 e. The topological polar surface area (TPSA) is 52.6 Å². The highest BCUT2D eigenvalue weighted by molar-refractivity contribution is 5.83. The average molecular weight is 336 g/mol. The van der Waals surface area contributed by atoms with Crippen LogP contribution in [0.2, 0.25) is 0 Å². The Kier molecular flexibility index (Phi) is 3.86. The van der Waals surface area contributed by atoms with Crippen molar-refractivity contribution in [2.45, 2.75) is 92.3 Å². The van der Waals surface area contributed by atoms with Gasteiger partial charge in [0, 0.05) is 0 Å². The minimum atomic E-state index is -0.515. The van der Waals surface area contributed by atoms with Gasteiger partial charge >= 0.3 is 11.9 Å². The van der Waals surface area contributed by atoms with Gasteiger partial charge in [-0.25, -0.2) is 0 Å². The first-order chi connectivity index (χ1) is 10.9. The van der Waals surface area contributed by atoms with Crippen LogP contribution in [0.15, 0.2) is 0 Å². The van der Waals surface area contributed by atoms with Gasteiger partial charge in [0.25, 0.3) is 0 Å². The molecule has 0 heterocycles. The number of hydrogen-bond donors (Lipinski definition) is 0. The van der Waals surface area contributed by atoms with Gasteiger partial charge in [-0.2, -0.15) is 0 Å². The first-order valence-corrected chi connectivity index (χ1v) is 9.34. The van der Waals surface area contributed by atoms with Gasteiger partial charge in [0.15, 0.2) is 0 Å². The molecule has 0 spiro atoms. The number of rotatable bonds is 4. The van der Waals surface area contributed by atoms with Gasteiger partial charge in [-0.15, -0.1) is 0 Å². The molecule has 4 fully saturated rings. The van der Waals surface area contributed by atoms with Crippen LogP contribution in [0.3, 0.4) is 0 Å². The summed E-state index contributed by atoms with van der Waals surface area (Å²) in [7, 11) is 0. The fourth-order valence-electron chi connectivity index (χ4n) is 6.81. The molecule has 0 aliphatic heterocycles. The van der Waals surface area contributed by atoms with Crippen LogP contribution >= 0.6 is 0 Å². The third kappa shape index (κ3) is 2.76. The summed E-state index contributed by atoms with van der Waals surface area (Å²) < 4.78 is 11.3. The summed E-state index contributed by atoms with van der Waals surface area (Å²) in [6.45, 7) is 12.1. The van der Waals surface area contributed by atoms with Crippen LogP contribution < -0.4 is 0 Å². The second kappa shape index (κ2) is 5.22. The molecular weight excluding hydrogens is 304 g/mol. The molecule has 0 N–H and O–H groups in total. The van der Waals surface area contributed by atoms with Gasteiger partial charge in [0.05, 0.1) is 23.0 Å². The summed E-state index contributed by atoms with van der Waals surface area (Å²) in [5.74, 6) is -0.202. The fraction of sp³-hybridized carbons (Fsp3) is 0.900. The van der Waals surface area contributed by atoms with Crippen molar-refractivity contribution in [3.63, 3.8) is 0 Å². The van der Waals surface area contributed by atoms with E-state index in [0.29, 0.717) is 6.42 Å². The molecular formula is C20H32O4. The summed E-state index contributed by atoms with van der Waals surface area (Å²) in [4.78, 5) is 26.0. The van der Waals surface area contributed by atoms with E-state index in [9.17, 15) is 9.59 Å². The minimum absolute atomic E-state index is 0.0233. The van der Waals surface area contributed by atoms with Gasteiger partial charge in [-0.05, 0) is 77.0 Å². The standard InChI is InChI=1S/C20H32O4/c1-13(2)23-15(21)19-8-17(5)7-18(6,9-19)11-20(10-17,12-19)16(22)24-14(3)4/h13-14H,7-12H2,1-6H3. The van der Waals surface area contributed by atoms with E-state index in [1.165, 1.54) is 0 Å². The Labute approximate surface area is 145 Å². The summed E-state index contributed by atoms with van der Waals surface area (Å²) in [6.07, 6.45) is 4.83. The normalized spacial score (nSPS) is 43.3. The molecule has 0 aromatic carbocycles. The highest BCUT2D eigenvalue weighted by Crippen LogP contribution is 2.74. The zero-order valence-electron chi connectivity index (χ0n) is 16.0. The van der Waals surface area contributed by atoms with Crippen molar-refractivity contribution < 1.29 is 19.1 Å². The first-order valence-electron chi connectivity index (χ1n) is 9.34. The van der Waals surface area contributed by atoms with Gasteiger partial charge in [0.2, 0.25) is 0 Å². The minimum Gasteiger partial charge on any atom is -0.463 e. The predicted molar refractivity (Wildman–Crippen MR) is 91.2 cm³/mol. The molecule has 24 heavy (non-hydrogen) atoms. The van der Waals surface area contributed by atoms with E-state index in [0.717, 1.165) is 32.1 Å². The second-order valence-electron chi connectivity index (χ2n) is 10.2. The number of ether oxygens (including phenoxy) is 2. The Bertz CT molecular complexity index is 500. The molecule has 4 heteroatoms. The van der Waals surface area contributed by atoms with E-state index in [2.05, 4.69) is 13.8 Å². The maximum Gasteiger partial charge on any atom is 0.312 e. The molecule has 4 bridgehead atoms. The lowest BCUT2D eigenvalue weighted by Gasteiger charge is -2.67. The van der Waals surface area contributed by atoms with Gasteiger partial charge in [-0.1, -0.05) is 13.8 Å². The highest BCUT2D eigenvalue weighted by atomic mass is 16.5. The van der Waals surface area contributed by atoms with Gasteiger partial charge < -0.3 is 9.47 Å². The zero-order chi connectivity index (χ0) is 18.0. The maximum atomic E-state index is 13.0. The van der Waals surface area contributed by atoms with Crippen molar-refractivity contribution in [3.05, 3.63) is 0 Å². The van der Waals surface area contributed by atoms with Crippen LogP contribution in [0, 0.1) is 21.7 Å². The van der Waals surface area contributed by atoms with E-state index in [4.69, 9.17) is 9.47 Å². The van der Waals surface area contributed by atoms with Gasteiger partial charge in [-0.3, -0.25) is 9.59 Å². The monoisotopic (exact) mass is 336 g/mol. The van der Waals surface area contributed by atoms with Crippen LogP contribution in [-0.2, 0) is 19.1 Å². The molecule has 4 nitrogen and oxygen atoms in total. The molecule has 0 saturated heterocycles. The lowest BCUT2D eigenvalue weighted by Crippen LogP contribution is -2.64. The largest absolute Gasteiger partial charge is 0.463 e. The van der Waals surface area contributed by atoms with Crippen LogP contribution in [0.1, 0.15) is 80.1 Å². The van der Waals surface area contributed by atoms with Crippen molar-refractivity contribution in [1.82, 2.24) is 0 Å². The van der Waals surface area contributed by atoms with E-state index in [-0.39, 0.29) is 35.0 Å². The van der Waals surface area contributed by atoms with Crippen LogP contribution in [0.5, 0.6) is 0 Å². The molecule has 0 unspecified atom stereocenters. The lowest BCUT2D eigenvalue weighted by molar-refractivity contribution is -0.224. The third-order valence-corrected chi connectivity index (χ3v) is 6.14. The molecule has 0 atom stereocenters. The number of carbonyl (C=O) groups is 2. The highest BCUT2D eigenvalue weighted by Gasteiger charge is 2.70. The molecule has 136 valence electrons. The van der Waals surface area contributed by atoms with E-state index in [1.54, 1.807) is 0 Å². The van der Waals surface area contributed by atoms with Crippen LogP contribution in [0.4, 0.5) is 0 Å². The summed E-state index contributed by atoms with van der Waals surface area (Å²) in [6, 6.07) is 0. The molecule has 0 amide bonds. The molecule has 4 rings (SSSR count). The lowest BCUT2D eigenvalue weighted by atomic mass is 9.36. The van der Waals surface area contributed by atoms with Crippen molar-refractivity contribution in [3.8, 4) is 0 Å². The molecule has 0 aromatic heterocycles. The van der Waals surface area contributed by atoms with Crippen LogP contribution in [-0.4, -0.2) is 24.1 Å². The fourth-order valence-corrected chi connectivity index (χ4v) is 6.81. The number of hydrogen-bond acceptors (Lipinski definition) is 4. The SMILES string of the molecule is CC(C)OC(=O)C12CC3(C)CC(C)(C1)CC(C(=O)OC(C)C)(C3)C2. The number of carbonyl (C=O) groups excluding carboxylic acids is 2. The molecule has 4 saturated carbocycles. The Hall–Kier alpha value is -1.06. The number of esters is 2. The van der Waals surface area contributed by atoms with Crippen molar-refractivity contribution in [2.24, 2.45) is 21.7 Å². The van der Waals surface area contributed by atoms with Crippen molar-refractivity contribution in [1.29, 1.82) is 0 Å². The van der Waals surface area contributed by atoms with Crippen molar-refractivity contribution >= 4 is 11.9 Å². The summed E-state index contributed by atoms with van der Waals surface area (Å²) in [5.41, 5.74) is -0.984. The van der Waals surface area contributed by atoms with E-state index in [1.807, 2.05) is 27.7 Å². The van der Waals surface area contributed by atoms with Crippen LogP contribution in [0.25, 0.3) is 0 Å².